The van der Waals surface area contributed by atoms with Crippen molar-refractivity contribution in [3.63, 3.8) is 0 Å². The molecule has 21 heavy (non-hydrogen) atoms. The van der Waals surface area contributed by atoms with Gasteiger partial charge in [-0.2, -0.15) is 5.26 Å². The molecule has 0 radical (unpaired) electrons. The number of halogens is 1. The van der Waals surface area contributed by atoms with Gasteiger partial charge in [0, 0.05) is 12.4 Å². The summed E-state index contributed by atoms with van der Waals surface area (Å²) in [6.07, 6.45) is 3.58. The molecule has 0 aliphatic rings. The highest BCUT2D eigenvalue weighted by Crippen LogP contribution is 2.27. The van der Waals surface area contributed by atoms with E-state index in [2.05, 4.69) is 27.5 Å². The van der Waals surface area contributed by atoms with Gasteiger partial charge in [-0.3, -0.25) is 4.98 Å². The number of pyridine rings is 1. The lowest BCUT2D eigenvalue weighted by Gasteiger charge is -2.17. The summed E-state index contributed by atoms with van der Waals surface area (Å²) in [5, 5.41) is 9.09. The third-order valence-electron chi connectivity index (χ3n) is 3.57. The predicted octanol–water partition coefficient (Wildman–Crippen LogP) is 3.65. The van der Waals surface area contributed by atoms with Crippen LogP contribution in [-0.2, 0) is 5.88 Å². The Morgan fingerprint density at radius 3 is 2.90 bits per heavy atom. The van der Waals surface area contributed by atoms with Crippen molar-refractivity contribution in [1.29, 1.82) is 5.26 Å². The molecule has 0 bridgehead atoms. The molecule has 0 saturated heterocycles. The fraction of sp³-hybridized carbons (Fsp3) is 0.188. The number of benzene rings is 1. The molecule has 3 rings (SSSR count). The molecular formula is C16H13ClN4. The number of rotatable bonds is 3. The van der Waals surface area contributed by atoms with E-state index in [1.807, 2.05) is 30.5 Å². The highest BCUT2D eigenvalue weighted by atomic mass is 35.5. The first kappa shape index (κ1) is 13.6. The highest BCUT2D eigenvalue weighted by Gasteiger charge is 2.17. The van der Waals surface area contributed by atoms with Gasteiger partial charge in [0.15, 0.2) is 0 Å². The Bertz CT molecular complexity index is 817. The van der Waals surface area contributed by atoms with Gasteiger partial charge in [0.05, 0.1) is 34.6 Å². The van der Waals surface area contributed by atoms with Crippen LogP contribution >= 0.6 is 11.6 Å². The van der Waals surface area contributed by atoms with Gasteiger partial charge in [0.1, 0.15) is 5.82 Å². The van der Waals surface area contributed by atoms with Crippen molar-refractivity contribution in [2.45, 2.75) is 18.8 Å². The normalized spacial score (nSPS) is 12.2. The molecular weight excluding hydrogens is 284 g/mol. The van der Waals surface area contributed by atoms with Crippen LogP contribution in [0.25, 0.3) is 11.0 Å². The number of alkyl halides is 1. The second kappa shape index (κ2) is 5.55. The Morgan fingerprint density at radius 1 is 1.38 bits per heavy atom. The van der Waals surface area contributed by atoms with Gasteiger partial charge in [-0.05, 0) is 36.8 Å². The maximum Gasteiger partial charge on any atom is 0.125 e. The van der Waals surface area contributed by atoms with Gasteiger partial charge < -0.3 is 4.57 Å². The van der Waals surface area contributed by atoms with Crippen LogP contribution in [0.2, 0.25) is 0 Å². The quantitative estimate of drug-likeness (QED) is 0.693. The lowest BCUT2D eigenvalue weighted by atomic mass is 10.1. The molecule has 5 heteroatoms. The summed E-state index contributed by atoms with van der Waals surface area (Å²) < 4.78 is 2.07. The first-order chi connectivity index (χ1) is 10.2. The molecule has 1 aromatic carbocycles. The number of fused-ring (bicyclic) bond motifs is 1. The molecule has 1 atom stereocenters. The third-order valence-corrected chi connectivity index (χ3v) is 3.80. The molecule has 2 heterocycles. The fourth-order valence-corrected chi connectivity index (χ4v) is 2.70. The molecule has 0 aliphatic carbocycles. The molecule has 0 saturated carbocycles. The number of hydrogen-bond donors (Lipinski definition) is 0. The lowest BCUT2D eigenvalue weighted by molar-refractivity contribution is 0.631. The van der Waals surface area contributed by atoms with Crippen LogP contribution in [0.3, 0.4) is 0 Å². The van der Waals surface area contributed by atoms with Crippen LogP contribution in [0.15, 0.2) is 42.7 Å². The number of aromatic nitrogens is 3. The predicted molar refractivity (Wildman–Crippen MR) is 82.1 cm³/mol. The Labute approximate surface area is 127 Å². The summed E-state index contributed by atoms with van der Waals surface area (Å²) in [7, 11) is 0. The fourth-order valence-electron chi connectivity index (χ4n) is 2.51. The van der Waals surface area contributed by atoms with Crippen molar-refractivity contribution in [2.75, 3.05) is 0 Å². The van der Waals surface area contributed by atoms with Crippen molar-refractivity contribution < 1.29 is 0 Å². The van der Waals surface area contributed by atoms with E-state index >= 15 is 0 Å². The zero-order chi connectivity index (χ0) is 14.8. The standard InChI is InChI=1S/C16H13ClN4/c1-11(13-3-2-6-19-10-13)21-15-7-12(9-18)4-5-14(15)20-16(21)8-17/h2-7,10-11H,8H2,1H3. The monoisotopic (exact) mass is 296 g/mol. The molecule has 0 fully saturated rings. The van der Waals surface area contributed by atoms with E-state index in [1.165, 1.54) is 0 Å². The summed E-state index contributed by atoms with van der Waals surface area (Å²) in [6.45, 7) is 2.08. The Balaban J connectivity index is 2.22. The topological polar surface area (TPSA) is 54.5 Å². The van der Waals surface area contributed by atoms with Gasteiger partial charge in [-0.1, -0.05) is 6.07 Å². The van der Waals surface area contributed by atoms with E-state index in [-0.39, 0.29) is 6.04 Å². The minimum absolute atomic E-state index is 0.0476. The zero-order valence-corrected chi connectivity index (χ0v) is 12.2. The molecule has 104 valence electrons. The molecule has 4 nitrogen and oxygen atoms in total. The Kier molecular flexibility index (Phi) is 3.59. The summed E-state index contributed by atoms with van der Waals surface area (Å²) in [4.78, 5) is 8.72. The first-order valence-corrected chi connectivity index (χ1v) is 7.15. The van der Waals surface area contributed by atoms with E-state index in [0.717, 1.165) is 22.4 Å². The maximum atomic E-state index is 9.09. The van der Waals surface area contributed by atoms with Gasteiger partial charge in [-0.15, -0.1) is 11.6 Å². The summed E-state index contributed by atoms with van der Waals surface area (Å²) in [5.74, 6) is 1.11. The van der Waals surface area contributed by atoms with E-state index in [1.54, 1.807) is 12.3 Å². The minimum Gasteiger partial charge on any atom is -0.320 e. The van der Waals surface area contributed by atoms with Crippen molar-refractivity contribution in [1.82, 2.24) is 14.5 Å². The number of hydrogen-bond acceptors (Lipinski definition) is 3. The summed E-state index contributed by atoms with van der Waals surface area (Å²) in [6, 6.07) is 11.6. The van der Waals surface area contributed by atoms with Crippen molar-refractivity contribution >= 4 is 22.6 Å². The second-order valence-corrected chi connectivity index (χ2v) is 5.08. The van der Waals surface area contributed by atoms with E-state index in [0.29, 0.717) is 11.4 Å². The summed E-state index contributed by atoms with van der Waals surface area (Å²) in [5.41, 5.74) is 3.45. The average Bonchev–Trinajstić information content (AvgIpc) is 2.92. The van der Waals surface area contributed by atoms with Crippen molar-refractivity contribution in [2.24, 2.45) is 0 Å². The van der Waals surface area contributed by atoms with Gasteiger partial charge in [-0.25, -0.2) is 4.98 Å². The molecule has 1 unspecified atom stereocenters. The smallest absolute Gasteiger partial charge is 0.125 e. The Morgan fingerprint density at radius 2 is 2.24 bits per heavy atom. The molecule has 0 amide bonds. The lowest BCUT2D eigenvalue weighted by Crippen LogP contribution is -2.10. The largest absolute Gasteiger partial charge is 0.320 e. The second-order valence-electron chi connectivity index (χ2n) is 4.81. The van der Waals surface area contributed by atoms with Crippen LogP contribution in [0.4, 0.5) is 0 Å². The molecule has 2 aromatic heterocycles. The molecule has 0 N–H and O–H groups in total. The number of nitriles is 1. The van der Waals surface area contributed by atoms with Crippen molar-refractivity contribution in [3.8, 4) is 6.07 Å². The van der Waals surface area contributed by atoms with Gasteiger partial charge >= 0.3 is 0 Å². The number of nitrogens with zero attached hydrogens (tertiary/aromatic N) is 4. The average molecular weight is 297 g/mol. The van der Waals surface area contributed by atoms with Crippen LogP contribution in [0.5, 0.6) is 0 Å². The van der Waals surface area contributed by atoms with Crippen molar-refractivity contribution in [3.05, 3.63) is 59.7 Å². The maximum absolute atomic E-state index is 9.09. The van der Waals surface area contributed by atoms with E-state index < -0.39 is 0 Å². The number of imidazole rings is 1. The Hall–Kier alpha value is -2.38. The zero-order valence-electron chi connectivity index (χ0n) is 11.5. The third kappa shape index (κ3) is 2.37. The van der Waals surface area contributed by atoms with Crippen LogP contribution in [-0.4, -0.2) is 14.5 Å². The minimum atomic E-state index is 0.0476. The van der Waals surface area contributed by atoms with E-state index in [4.69, 9.17) is 16.9 Å². The van der Waals surface area contributed by atoms with Crippen LogP contribution in [0, 0.1) is 11.3 Å². The first-order valence-electron chi connectivity index (χ1n) is 6.61. The van der Waals surface area contributed by atoms with E-state index in [9.17, 15) is 0 Å². The summed E-state index contributed by atoms with van der Waals surface area (Å²) >= 11 is 6.04. The SMILES string of the molecule is CC(c1cccnc1)n1c(CCl)nc2ccc(C#N)cc21. The van der Waals surface area contributed by atoms with Gasteiger partial charge in [0.2, 0.25) is 0 Å². The highest BCUT2D eigenvalue weighted by molar-refractivity contribution is 6.16. The molecule has 0 spiro atoms. The van der Waals surface area contributed by atoms with Gasteiger partial charge in [0.25, 0.3) is 0 Å². The van der Waals surface area contributed by atoms with Crippen LogP contribution in [0.1, 0.15) is 29.9 Å². The van der Waals surface area contributed by atoms with Crippen LogP contribution < -0.4 is 0 Å². The molecule has 0 aliphatic heterocycles. The molecule has 3 aromatic rings.